The van der Waals surface area contributed by atoms with Crippen LogP contribution in [0, 0.1) is 0 Å². The topological polar surface area (TPSA) is 183 Å². The van der Waals surface area contributed by atoms with Crippen molar-refractivity contribution in [1.29, 1.82) is 0 Å². The van der Waals surface area contributed by atoms with E-state index in [0.717, 1.165) is 0 Å². The predicted octanol–water partition coefficient (Wildman–Crippen LogP) is -4.92. The van der Waals surface area contributed by atoms with Crippen molar-refractivity contribution in [3.8, 4) is 0 Å². The summed E-state index contributed by atoms with van der Waals surface area (Å²) in [4.78, 5) is 23.0. The molecule has 0 radical (unpaired) electrons. The average Bonchev–Trinajstić information content (AvgIpc) is 3.17. The smallest absolute Gasteiger partial charge is 0.320 e. The largest absolute Gasteiger partial charge is 1.00 e. The van der Waals surface area contributed by atoms with E-state index < -0.39 is 36.6 Å². The molecule has 3 heterocycles. The van der Waals surface area contributed by atoms with Crippen LogP contribution in [0.25, 0.3) is 11.2 Å². The molecule has 1 saturated heterocycles. The molecule has 0 amide bonds. The second-order valence-corrected chi connectivity index (χ2v) is 8.82. The number of rotatable bonds is 7. The summed E-state index contributed by atoms with van der Waals surface area (Å²) in [6, 6.07) is -0.907. The number of nitrogens with two attached hydrogens (primary N) is 2. The standard InChI is InChI=1S/C15H22N6O5S.HI/c1-27(3-2-7(16)15(24)25)4-8-10(22)11(23)14(26-8)21-6-20-9-12(17)18-5-19-13(9)21;/h5-8,10-11,14,22-23H,2-4,16H2,1H3,(H2-,17,18,19,24,25);1H/t7-,8+,10+,11+,14+,27?;/m0./s1. The highest BCUT2D eigenvalue weighted by molar-refractivity contribution is 7.96. The van der Waals surface area contributed by atoms with Gasteiger partial charge in [-0.15, -0.1) is 0 Å². The Morgan fingerprint density at radius 1 is 1.36 bits per heavy atom. The Labute approximate surface area is 180 Å². The molecule has 0 bridgehead atoms. The molecule has 2 aromatic heterocycles. The van der Waals surface area contributed by atoms with E-state index in [2.05, 4.69) is 15.0 Å². The molecule has 1 unspecified atom stereocenters. The number of anilines is 1. The average molecular weight is 526 g/mol. The minimum absolute atomic E-state index is 0. The van der Waals surface area contributed by atoms with Crippen molar-refractivity contribution in [3.05, 3.63) is 12.7 Å². The Morgan fingerprint density at radius 2 is 2.07 bits per heavy atom. The summed E-state index contributed by atoms with van der Waals surface area (Å²) < 4.78 is 7.41. The fourth-order valence-corrected chi connectivity index (χ4v) is 4.63. The summed E-state index contributed by atoms with van der Waals surface area (Å²) in [7, 11) is -0.235. The van der Waals surface area contributed by atoms with E-state index in [-0.39, 0.29) is 40.7 Å². The first kappa shape index (κ1) is 23.0. The van der Waals surface area contributed by atoms with Gasteiger partial charge < -0.3 is 55.5 Å². The van der Waals surface area contributed by atoms with Crippen molar-refractivity contribution in [2.45, 2.75) is 37.0 Å². The highest BCUT2D eigenvalue weighted by Crippen LogP contribution is 2.32. The SMILES string of the molecule is C[S+](CC[C@H](N)C(=O)O)C[C@H]1O[C@@H](n2cnc3c(N)ncnc32)[C@H](O)[C@@H]1O.[I-]. The van der Waals surface area contributed by atoms with E-state index in [9.17, 15) is 15.0 Å². The Morgan fingerprint density at radius 3 is 2.75 bits per heavy atom. The lowest BCUT2D eigenvalue weighted by Crippen LogP contribution is -3.00. The quantitative estimate of drug-likeness (QED) is 0.173. The van der Waals surface area contributed by atoms with Crippen LogP contribution in [0.2, 0.25) is 0 Å². The fourth-order valence-electron chi connectivity index (χ4n) is 2.97. The molecule has 11 nitrogen and oxygen atoms in total. The van der Waals surface area contributed by atoms with E-state index in [1.54, 1.807) is 0 Å². The van der Waals surface area contributed by atoms with Gasteiger partial charge in [0.2, 0.25) is 0 Å². The van der Waals surface area contributed by atoms with Crippen LogP contribution in [-0.4, -0.2) is 82.9 Å². The van der Waals surface area contributed by atoms with Crippen LogP contribution in [0.3, 0.4) is 0 Å². The number of aliphatic hydroxyl groups is 2. The molecule has 1 aliphatic heterocycles. The van der Waals surface area contributed by atoms with Gasteiger partial charge in [-0.1, -0.05) is 0 Å². The molecule has 28 heavy (non-hydrogen) atoms. The Kier molecular flexibility index (Phi) is 7.81. The number of halogens is 1. The number of aromatic nitrogens is 4. The molecular formula is C15H23IN6O5S. The van der Waals surface area contributed by atoms with Gasteiger partial charge in [-0.2, -0.15) is 0 Å². The normalized spacial score (nSPS) is 26.7. The fraction of sp³-hybridized carbons (Fsp3) is 0.600. The number of ether oxygens (including phenoxy) is 1. The number of aliphatic carboxylic acids is 1. The van der Waals surface area contributed by atoms with Gasteiger partial charge in [-0.05, 0) is 10.9 Å². The number of carboxylic acid groups (broad SMARTS) is 1. The highest BCUT2D eigenvalue weighted by Gasteiger charge is 2.46. The minimum atomic E-state index is -1.16. The summed E-state index contributed by atoms with van der Waals surface area (Å²) in [5.41, 5.74) is 12.1. The molecule has 0 spiro atoms. The summed E-state index contributed by atoms with van der Waals surface area (Å²) in [6.45, 7) is 0. The van der Waals surface area contributed by atoms with E-state index >= 15 is 0 Å². The van der Waals surface area contributed by atoms with Crippen LogP contribution >= 0.6 is 0 Å². The van der Waals surface area contributed by atoms with Crippen LogP contribution in [0.5, 0.6) is 0 Å². The lowest BCUT2D eigenvalue weighted by atomic mass is 10.1. The molecule has 7 N–H and O–H groups in total. The zero-order chi connectivity index (χ0) is 19.7. The van der Waals surface area contributed by atoms with Gasteiger partial charge in [0.05, 0.1) is 12.6 Å². The van der Waals surface area contributed by atoms with Crippen molar-refractivity contribution in [3.63, 3.8) is 0 Å². The summed E-state index contributed by atoms with van der Waals surface area (Å²) >= 11 is 0. The first-order valence-electron chi connectivity index (χ1n) is 8.31. The number of aliphatic hydroxyl groups excluding tert-OH is 2. The van der Waals surface area contributed by atoms with E-state index in [0.29, 0.717) is 29.1 Å². The van der Waals surface area contributed by atoms with Gasteiger partial charge in [0.25, 0.3) is 0 Å². The summed E-state index contributed by atoms with van der Waals surface area (Å²) in [5.74, 6) is 0.254. The van der Waals surface area contributed by atoms with Crippen molar-refractivity contribution in [2.75, 3.05) is 23.5 Å². The van der Waals surface area contributed by atoms with Crippen LogP contribution in [0.4, 0.5) is 5.82 Å². The number of imidazole rings is 1. The summed E-state index contributed by atoms with van der Waals surface area (Å²) in [6.07, 6.45) is 1.31. The van der Waals surface area contributed by atoms with Crippen molar-refractivity contribution in [2.24, 2.45) is 5.73 Å². The first-order valence-corrected chi connectivity index (χ1v) is 10.3. The zero-order valence-corrected chi connectivity index (χ0v) is 18.0. The lowest BCUT2D eigenvalue weighted by Gasteiger charge is -2.16. The van der Waals surface area contributed by atoms with E-state index in [1.165, 1.54) is 17.2 Å². The minimum Gasteiger partial charge on any atom is -1.00 e. The van der Waals surface area contributed by atoms with Crippen LogP contribution in [0.15, 0.2) is 12.7 Å². The first-order chi connectivity index (χ1) is 12.8. The lowest BCUT2D eigenvalue weighted by molar-refractivity contribution is -0.138. The Hall–Kier alpha value is -1.26. The van der Waals surface area contributed by atoms with Crippen molar-refractivity contribution in [1.82, 2.24) is 19.5 Å². The number of carbonyl (C=O) groups is 1. The van der Waals surface area contributed by atoms with Crippen LogP contribution in [0.1, 0.15) is 12.6 Å². The maximum atomic E-state index is 10.8. The van der Waals surface area contributed by atoms with Crippen molar-refractivity contribution < 1.29 is 48.8 Å². The summed E-state index contributed by atoms with van der Waals surface area (Å²) in [5, 5.41) is 29.7. The highest BCUT2D eigenvalue weighted by atomic mass is 127. The number of nitrogens with zero attached hydrogens (tertiary/aromatic N) is 4. The maximum absolute atomic E-state index is 10.8. The molecule has 0 saturated carbocycles. The maximum Gasteiger partial charge on any atom is 0.320 e. The van der Waals surface area contributed by atoms with E-state index in [4.69, 9.17) is 21.3 Å². The number of carboxylic acids is 1. The number of nitrogen functional groups attached to an aromatic ring is 1. The molecule has 3 rings (SSSR count). The van der Waals surface area contributed by atoms with Gasteiger partial charge in [0.1, 0.15) is 47.7 Å². The second-order valence-electron chi connectivity index (χ2n) is 6.51. The Balaban J connectivity index is 0.00000280. The second kappa shape index (κ2) is 9.49. The molecular weight excluding hydrogens is 503 g/mol. The predicted molar refractivity (Wildman–Crippen MR) is 98.9 cm³/mol. The molecule has 2 aromatic rings. The molecule has 0 aliphatic carbocycles. The monoisotopic (exact) mass is 526 g/mol. The number of fused-ring (bicyclic) bond motifs is 1. The van der Waals surface area contributed by atoms with Crippen molar-refractivity contribution >= 4 is 33.8 Å². The van der Waals surface area contributed by atoms with E-state index in [1.807, 2.05) is 6.26 Å². The van der Waals surface area contributed by atoms with Gasteiger partial charge in [-0.3, -0.25) is 9.36 Å². The molecule has 13 heteroatoms. The van der Waals surface area contributed by atoms with Gasteiger partial charge >= 0.3 is 5.97 Å². The molecule has 6 atom stereocenters. The molecule has 0 aromatic carbocycles. The molecule has 156 valence electrons. The zero-order valence-electron chi connectivity index (χ0n) is 15.1. The molecule has 1 aliphatic rings. The number of hydrogen-bond donors (Lipinski definition) is 5. The van der Waals surface area contributed by atoms with Gasteiger partial charge in [-0.25, -0.2) is 15.0 Å². The Bertz CT molecular complexity index is 825. The number of hydrogen-bond acceptors (Lipinski definition) is 9. The third-order valence-corrected chi connectivity index (χ3v) is 6.37. The van der Waals surface area contributed by atoms with Crippen LogP contribution in [-0.2, 0) is 20.4 Å². The third kappa shape index (κ3) is 4.65. The molecule has 1 fully saturated rings. The third-order valence-electron chi connectivity index (χ3n) is 4.54. The van der Waals surface area contributed by atoms with Gasteiger partial charge in [0.15, 0.2) is 17.7 Å². The van der Waals surface area contributed by atoms with Crippen LogP contribution < -0.4 is 35.4 Å². The van der Waals surface area contributed by atoms with Gasteiger partial charge in [0, 0.05) is 6.42 Å².